The Bertz CT molecular complexity index is 1210. The number of carbonyl (C=O) groups is 1. The van der Waals surface area contributed by atoms with Gasteiger partial charge in [-0.15, -0.1) is 0 Å². The maximum Gasteiger partial charge on any atom is 0.400 e. The zero-order valence-electron chi connectivity index (χ0n) is 15.3. The highest BCUT2D eigenvalue weighted by Gasteiger charge is 2.60. The van der Waals surface area contributed by atoms with Gasteiger partial charge in [0.1, 0.15) is 5.41 Å². The van der Waals surface area contributed by atoms with Crippen molar-refractivity contribution in [3.05, 3.63) is 65.9 Å². The normalized spacial score (nSPS) is 20.2. The van der Waals surface area contributed by atoms with Gasteiger partial charge in [0.05, 0.1) is 10.4 Å². The Morgan fingerprint density at radius 2 is 1.72 bits per heavy atom. The lowest BCUT2D eigenvalue weighted by atomic mass is 9.78. The second-order valence-electron chi connectivity index (χ2n) is 7.21. The van der Waals surface area contributed by atoms with Gasteiger partial charge in [-0.25, -0.2) is 12.4 Å². The van der Waals surface area contributed by atoms with Crippen molar-refractivity contribution in [2.45, 2.75) is 29.8 Å². The average molecular weight is 422 g/mol. The van der Waals surface area contributed by atoms with Gasteiger partial charge in [-0.3, -0.25) is 4.79 Å². The quantitative estimate of drug-likeness (QED) is 0.703. The van der Waals surface area contributed by atoms with Crippen molar-refractivity contribution in [1.29, 1.82) is 0 Å². The number of fused-ring (bicyclic) bond motifs is 1. The number of benzene rings is 2. The Kier molecular flexibility index (Phi) is 4.27. The predicted molar refractivity (Wildman–Crippen MR) is 101 cm³/mol. The van der Waals surface area contributed by atoms with Crippen LogP contribution in [0.5, 0.6) is 0 Å². The van der Waals surface area contributed by atoms with Crippen LogP contribution in [-0.2, 0) is 20.2 Å². The van der Waals surface area contributed by atoms with E-state index in [1.807, 2.05) is 0 Å². The highest BCUT2D eigenvalue weighted by molar-refractivity contribution is 7.90. The summed E-state index contributed by atoms with van der Waals surface area (Å²) in [5.74, 6) is -0.722. The molecule has 1 saturated heterocycles. The molecule has 1 fully saturated rings. The lowest BCUT2D eigenvalue weighted by Gasteiger charge is -2.29. The van der Waals surface area contributed by atoms with Crippen LogP contribution >= 0.6 is 0 Å². The van der Waals surface area contributed by atoms with Crippen molar-refractivity contribution in [2.24, 2.45) is 0 Å². The summed E-state index contributed by atoms with van der Waals surface area (Å²) in [7, 11) is -4.13. The monoisotopic (exact) mass is 422 g/mol. The summed E-state index contributed by atoms with van der Waals surface area (Å²) < 4.78 is 69.7. The zero-order chi connectivity index (χ0) is 21.0. The molecule has 29 heavy (non-hydrogen) atoms. The smallest absolute Gasteiger partial charge is 0.355 e. The molecule has 0 saturated carbocycles. The third-order valence-corrected chi connectivity index (χ3v) is 7.05. The number of carbonyl (C=O) groups excluding carboxylic acids is 1. The van der Waals surface area contributed by atoms with E-state index < -0.39 is 40.5 Å². The number of para-hydroxylation sites is 1. The van der Waals surface area contributed by atoms with Gasteiger partial charge in [-0.1, -0.05) is 35.9 Å². The minimum atomic E-state index is -4.74. The predicted octanol–water partition coefficient (Wildman–Crippen LogP) is 3.51. The SMILES string of the molecule is Cc1ccc(S(=O)(=O)n2cc([C@@]3(C(F)(F)F)CNC(=O)C3)c3ccccc32)cc1. The van der Waals surface area contributed by atoms with E-state index in [0.29, 0.717) is 0 Å². The van der Waals surface area contributed by atoms with Gasteiger partial charge in [-0.2, -0.15) is 13.2 Å². The van der Waals surface area contributed by atoms with E-state index >= 15 is 0 Å². The summed E-state index contributed by atoms with van der Waals surface area (Å²) in [5, 5.41) is 2.40. The maximum absolute atomic E-state index is 14.1. The van der Waals surface area contributed by atoms with Gasteiger partial charge in [0.2, 0.25) is 5.91 Å². The molecule has 5 nitrogen and oxygen atoms in total. The van der Waals surface area contributed by atoms with E-state index in [1.165, 1.54) is 24.3 Å². The molecule has 1 aromatic heterocycles. The number of alkyl halides is 3. The lowest BCUT2D eigenvalue weighted by Crippen LogP contribution is -2.44. The molecule has 0 spiro atoms. The van der Waals surface area contributed by atoms with Crippen LogP contribution in [0.15, 0.2) is 59.6 Å². The molecule has 0 bridgehead atoms. The average Bonchev–Trinajstić information content (AvgIpc) is 3.24. The Hall–Kier alpha value is -2.81. The van der Waals surface area contributed by atoms with Crippen molar-refractivity contribution < 1.29 is 26.4 Å². The molecule has 9 heteroatoms. The van der Waals surface area contributed by atoms with Gasteiger partial charge in [0, 0.05) is 24.5 Å². The molecule has 3 aromatic rings. The van der Waals surface area contributed by atoms with E-state index in [9.17, 15) is 26.4 Å². The summed E-state index contributed by atoms with van der Waals surface area (Å²) in [6.45, 7) is 1.17. The van der Waals surface area contributed by atoms with Crippen molar-refractivity contribution in [1.82, 2.24) is 9.29 Å². The summed E-state index contributed by atoms with van der Waals surface area (Å²) in [5.41, 5.74) is -1.73. The number of hydrogen-bond acceptors (Lipinski definition) is 3. The number of amides is 1. The maximum atomic E-state index is 14.1. The molecule has 2 heterocycles. The van der Waals surface area contributed by atoms with Crippen LogP contribution in [-0.4, -0.2) is 31.0 Å². The van der Waals surface area contributed by atoms with Crippen molar-refractivity contribution in [2.75, 3.05) is 6.54 Å². The first-order valence-electron chi connectivity index (χ1n) is 8.82. The molecule has 1 aliphatic heterocycles. The summed E-state index contributed by atoms with van der Waals surface area (Å²) in [6.07, 6.45) is -4.52. The van der Waals surface area contributed by atoms with Gasteiger partial charge in [-0.05, 0) is 30.7 Å². The molecule has 1 N–H and O–H groups in total. The van der Waals surface area contributed by atoms with Crippen molar-refractivity contribution in [3.63, 3.8) is 0 Å². The summed E-state index contributed by atoms with van der Waals surface area (Å²) in [6, 6.07) is 12.1. The van der Waals surface area contributed by atoms with Gasteiger partial charge >= 0.3 is 6.18 Å². The fourth-order valence-corrected chi connectivity index (χ4v) is 5.12. The highest BCUT2D eigenvalue weighted by Crippen LogP contribution is 2.48. The Morgan fingerprint density at radius 1 is 1.07 bits per heavy atom. The molecule has 1 aliphatic rings. The van der Waals surface area contributed by atoms with Gasteiger partial charge < -0.3 is 5.32 Å². The first kappa shape index (κ1) is 19.5. The highest BCUT2D eigenvalue weighted by atomic mass is 32.2. The number of aromatic nitrogens is 1. The third-order valence-electron chi connectivity index (χ3n) is 5.36. The van der Waals surface area contributed by atoms with Crippen LogP contribution in [0.25, 0.3) is 10.9 Å². The molecule has 152 valence electrons. The zero-order valence-corrected chi connectivity index (χ0v) is 16.1. The minimum absolute atomic E-state index is 0.0305. The van der Waals surface area contributed by atoms with Crippen LogP contribution < -0.4 is 5.32 Å². The standard InChI is InChI=1S/C20H17F3N2O3S/c1-13-6-8-14(9-7-13)29(27,28)25-11-16(15-4-2-3-5-17(15)25)19(20(21,22)23)10-18(26)24-12-19/h2-9,11H,10,12H2,1H3,(H,24,26)/t19-/m0/s1. The van der Waals surface area contributed by atoms with E-state index in [-0.39, 0.29) is 21.4 Å². The number of nitrogens with one attached hydrogen (secondary N) is 1. The van der Waals surface area contributed by atoms with Crippen LogP contribution in [0, 0.1) is 6.92 Å². The fraction of sp³-hybridized carbons (Fsp3) is 0.250. The molecule has 2 aromatic carbocycles. The fourth-order valence-electron chi connectivity index (χ4n) is 3.75. The summed E-state index contributed by atoms with van der Waals surface area (Å²) in [4.78, 5) is 11.7. The first-order chi connectivity index (χ1) is 13.6. The molecule has 4 rings (SSSR count). The molecule has 1 atom stereocenters. The number of halogens is 3. The largest absolute Gasteiger partial charge is 0.400 e. The van der Waals surface area contributed by atoms with Crippen molar-refractivity contribution >= 4 is 26.8 Å². The number of aryl methyl sites for hydroxylation is 1. The lowest BCUT2D eigenvalue weighted by molar-refractivity contribution is -0.185. The number of rotatable bonds is 3. The van der Waals surface area contributed by atoms with E-state index in [1.54, 1.807) is 31.2 Å². The van der Waals surface area contributed by atoms with Crippen LogP contribution in [0.2, 0.25) is 0 Å². The Labute approximate surface area is 165 Å². The van der Waals surface area contributed by atoms with E-state index in [0.717, 1.165) is 15.7 Å². The second kappa shape index (κ2) is 6.35. The second-order valence-corrected chi connectivity index (χ2v) is 9.02. The Morgan fingerprint density at radius 3 is 2.31 bits per heavy atom. The Balaban J connectivity index is 2.00. The number of hydrogen-bond donors (Lipinski definition) is 1. The third kappa shape index (κ3) is 2.91. The van der Waals surface area contributed by atoms with Crippen LogP contribution in [0.4, 0.5) is 13.2 Å². The molecule has 0 unspecified atom stereocenters. The topological polar surface area (TPSA) is 68.2 Å². The van der Waals surface area contributed by atoms with Crippen LogP contribution in [0.3, 0.4) is 0 Å². The molecule has 0 radical (unpaired) electrons. The number of nitrogens with zero attached hydrogens (tertiary/aromatic N) is 1. The molecular formula is C20H17F3N2O3S. The minimum Gasteiger partial charge on any atom is -0.355 e. The van der Waals surface area contributed by atoms with Crippen LogP contribution in [0.1, 0.15) is 17.5 Å². The molecule has 1 amide bonds. The van der Waals surface area contributed by atoms with Crippen molar-refractivity contribution in [3.8, 4) is 0 Å². The first-order valence-corrected chi connectivity index (χ1v) is 10.3. The van der Waals surface area contributed by atoms with E-state index in [4.69, 9.17) is 0 Å². The summed E-state index contributed by atoms with van der Waals surface area (Å²) >= 11 is 0. The molecular weight excluding hydrogens is 405 g/mol. The van der Waals surface area contributed by atoms with Gasteiger partial charge in [0.15, 0.2) is 0 Å². The molecule has 0 aliphatic carbocycles. The van der Waals surface area contributed by atoms with Gasteiger partial charge in [0.25, 0.3) is 10.0 Å². The van der Waals surface area contributed by atoms with E-state index in [2.05, 4.69) is 5.32 Å².